The molecule has 0 saturated carbocycles. The van der Waals surface area contributed by atoms with Crippen molar-refractivity contribution in [3.8, 4) is 17.2 Å². The summed E-state index contributed by atoms with van der Waals surface area (Å²) in [7, 11) is -4.29. The molecule has 0 atom stereocenters. The minimum absolute atomic E-state index is 0.0562. The quantitative estimate of drug-likeness (QED) is 0.695. The molecule has 2 aliphatic heterocycles. The lowest BCUT2D eigenvalue weighted by Gasteiger charge is -2.31. The highest BCUT2D eigenvalue weighted by atomic mass is 32.2. The zero-order valence-electron chi connectivity index (χ0n) is 15.1. The molecule has 0 aromatic heterocycles. The molecule has 2 aromatic rings. The Balaban J connectivity index is 1.45. The number of nitrogens with zero attached hydrogens (tertiary/aromatic N) is 1. The molecule has 0 aliphatic carbocycles. The van der Waals surface area contributed by atoms with Gasteiger partial charge in [0.15, 0.2) is 29.0 Å². The number of hydrogen-bond acceptors (Lipinski definition) is 5. The van der Waals surface area contributed by atoms with Crippen LogP contribution in [-0.2, 0) is 16.6 Å². The summed E-state index contributed by atoms with van der Waals surface area (Å²) in [6, 6.07) is 4.48. The summed E-state index contributed by atoms with van der Waals surface area (Å²) < 4.78 is 77.3. The van der Waals surface area contributed by atoms with E-state index in [2.05, 4.69) is 0 Å². The number of phenolic OH excluding ortho intramolecular Hbond substituents is 1. The van der Waals surface area contributed by atoms with Crippen LogP contribution in [-0.4, -0.2) is 50.8 Å². The van der Waals surface area contributed by atoms with Gasteiger partial charge in [-0.2, -0.15) is 4.31 Å². The lowest BCUT2D eigenvalue weighted by molar-refractivity contribution is -0.917. The van der Waals surface area contributed by atoms with E-state index in [1.807, 2.05) is 0 Å². The van der Waals surface area contributed by atoms with Crippen molar-refractivity contribution in [1.29, 1.82) is 0 Å². The monoisotopic (exact) mass is 431 g/mol. The van der Waals surface area contributed by atoms with Crippen molar-refractivity contribution in [1.82, 2.24) is 4.31 Å². The largest absolute Gasteiger partial charge is 0.507 e. The van der Waals surface area contributed by atoms with E-state index < -0.39 is 32.4 Å². The van der Waals surface area contributed by atoms with E-state index >= 15 is 0 Å². The van der Waals surface area contributed by atoms with Crippen LogP contribution in [0.25, 0.3) is 0 Å². The smallest absolute Gasteiger partial charge is 0.246 e. The van der Waals surface area contributed by atoms with Gasteiger partial charge in [-0.3, -0.25) is 0 Å². The fraction of sp³-hybridized carbons (Fsp3) is 0.333. The van der Waals surface area contributed by atoms with Crippen molar-refractivity contribution < 1.29 is 41.1 Å². The van der Waals surface area contributed by atoms with Gasteiger partial charge in [0.05, 0.1) is 31.7 Å². The molecule has 0 amide bonds. The van der Waals surface area contributed by atoms with Gasteiger partial charge >= 0.3 is 0 Å². The first-order valence-electron chi connectivity index (χ1n) is 8.86. The van der Waals surface area contributed by atoms with E-state index in [1.54, 1.807) is 6.07 Å². The van der Waals surface area contributed by atoms with E-state index in [0.717, 1.165) is 15.3 Å². The number of quaternary nitrogens is 1. The number of benzene rings is 2. The molecule has 29 heavy (non-hydrogen) atoms. The minimum atomic E-state index is -4.29. The van der Waals surface area contributed by atoms with Gasteiger partial charge < -0.3 is 19.5 Å². The van der Waals surface area contributed by atoms with Gasteiger partial charge in [-0.25, -0.2) is 21.6 Å². The summed E-state index contributed by atoms with van der Waals surface area (Å²) in [5.74, 6) is -3.92. The number of aromatic hydroxyl groups is 1. The summed E-state index contributed by atoms with van der Waals surface area (Å²) in [5, 5.41) is 10.2. The highest BCUT2D eigenvalue weighted by molar-refractivity contribution is 7.89. The van der Waals surface area contributed by atoms with Gasteiger partial charge in [-0.1, -0.05) is 0 Å². The summed E-state index contributed by atoms with van der Waals surface area (Å²) >= 11 is 0. The maximum Gasteiger partial charge on any atom is 0.246 e. The molecule has 0 spiro atoms. The standard InChI is InChI=1S/C18H17F3N2O5S/c19-12-1-2-16(18(21)17(12)20)29(25,26)23-5-3-22(4-6-23)9-11-7-14-15(8-13(11)24)28-10-27-14/h1-2,7-8,24H,3-6,9-10H2/p+1. The highest BCUT2D eigenvalue weighted by Crippen LogP contribution is 2.37. The molecular formula is C18H18F3N2O5S+. The van der Waals surface area contributed by atoms with Gasteiger partial charge in [-0.05, 0) is 18.2 Å². The third kappa shape index (κ3) is 3.61. The Bertz CT molecular complexity index is 1060. The van der Waals surface area contributed by atoms with Crippen LogP contribution < -0.4 is 14.4 Å². The Kier molecular flexibility index (Phi) is 5.05. The Morgan fingerprint density at radius 1 is 1.03 bits per heavy atom. The summed E-state index contributed by atoms with van der Waals surface area (Å²) in [6.45, 7) is 1.43. The van der Waals surface area contributed by atoms with Crippen LogP contribution in [0.1, 0.15) is 5.56 Å². The van der Waals surface area contributed by atoms with Crippen LogP contribution in [0.3, 0.4) is 0 Å². The fourth-order valence-corrected chi connectivity index (χ4v) is 4.95. The number of ether oxygens (including phenoxy) is 2. The highest BCUT2D eigenvalue weighted by Gasteiger charge is 2.34. The summed E-state index contributed by atoms with van der Waals surface area (Å²) in [5.41, 5.74) is 0.632. The van der Waals surface area contributed by atoms with Crippen LogP contribution in [0.5, 0.6) is 17.2 Å². The number of rotatable bonds is 4. The lowest BCUT2D eigenvalue weighted by atomic mass is 10.1. The molecule has 2 heterocycles. The van der Waals surface area contributed by atoms with Gasteiger partial charge in [-0.15, -0.1) is 0 Å². The number of sulfonamides is 1. The number of fused-ring (bicyclic) bond motifs is 1. The molecule has 7 nitrogen and oxygen atoms in total. The number of piperazine rings is 1. The average Bonchev–Trinajstić information content (AvgIpc) is 3.13. The van der Waals surface area contributed by atoms with Crippen molar-refractivity contribution in [3.05, 3.63) is 47.3 Å². The van der Waals surface area contributed by atoms with Crippen LogP contribution in [0, 0.1) is 17.5 Å². The van der Waals surface area contributed by atoms with E-state index in [9.17, 15) is 26.7 Å². The van der Waals surface area contributed by atoms with Crippen LogP contribution in [0.15, 0.2) is 29.2 Å². The number of nitrogens with one attached hydrogen (secondary N) is 1. The van der Waals surface area contributed by atoms with Gasteiger partial charge in [0.1, 0.15) is 17.2 Å². The van der Waals surface area contributed by atoms with Crippen molar-refractivity contribution in [2.45, 2.75) is 11.4 Å². The van der Waals surface area contributed by atoms with Crippen LogP contribution in [0.2, 0.25) is 0 Å². The summed E-state index contributed by atoms with van der Waals surface area (Å²) in [4.78, 5) is 0.115. The number of halogens is 3. The molecule has 156 valence electrons. The zero-order valence-corrected chi connectivity index (χ0v) is 15.9. The second kappa shape index (κ2) is 7.39. The Morgan fingerprint density at radius 3 is 2.38 bits per heavy atom. The Labute approximate surface area is 164 Å². The fourth-order valence-electron chi connectivity index (χ4n) is 3.45. The van der Waals surface area contributed by atoms with E-state index in [1.165, 1.54) is 6.07 Å². The third-order valence-corrected chi connectivity index (χ3v) is 6.98. The summed E-state index contributed by atoms with van der Waals surface area (Å²) in [6.07, 6.45) is 0. The molecule has 11 heteroatoms. The molecule has 1 fully saturated rings. The zero-order chi connectivity index (χ0) is 20.8. The average molecular weight is 431 g/mol. The van der Waals surface area contributed by atoms with Crippen molar-refractivity contribution in [3.63, 3.8) is 0 Å². The molecule has 2 N–H and O–H groups in total. The number of phenols is 1. The van der Waals surface area contributed by atoms with Crippen molar-refractivity contribution in [2.24, 2.45) is 0 Å². The normalized spacial score (nSPS) is 17.6. The van der Waals surface area contributed by atoms with Crippen LogP contribution >= 0.6 is 0 Å². The maximum absolute atomic E-state index is 14.0. The Hall–Kier alpha value is -2.50. The van der Waals surface area contributed by atoms with Crippen molar-refractivity contribution >= 4 is 10.0 Å². The first-order valence-corrected chi connectivity index (χ1v) is 10.3. The predicted molar refractivity (Wildman–Crippen MR) is 93.7 cm³/mol. The topological polar surface area (TPSA) is 80.5 Å². The minimum Gasteiger partial charge on any atom is -0.507 e. The predicted octanol–water partition coefficient (Wildman–Crippen LogP) is 0.628. The second-order valence-electron chi connectivity index (χ2n) is 6.84. The Morgan fingerprint density at radius 2 is 1.69 bits per heavy atom. The molecular weight excluding hydrogens is 413 g/mol. The van der Waals surface area contributed by atoms with E-state index in [-0.39, 0.29) is 25.6 Å². The molecule has 2 aromatic carbocycles. The lowest BCUT2D eigenvalue weighted by Crippen LogP contribution is -3.13. The SMILES string of the molecule is O=S(=O)(c1ccc(F)c(F)c1F)N1CC[NH+](Cc2cc3c(cc2O)OCO3)CC1. The van der Waals surface area contributed by atoms with Gasteiger partial charge in [0.2, 0.25) is 16.8 Å². The molecule has 0 radical (unpaired) electrons. The van der Waals surface area contributed by atoms with E-state index in [4.69, 9.17) is 9.47 Å². The van der Waals surface area contributed by atoms with Crippen LogP contribution in [0.4, 0.5) is 13.2 Å². The maximum atomic E-state index is 14.0. The molecule has 0 unspecified atom stereocenters. The molecule has 0 bridgehead atoms. The first-order chi connectivity index (χ1) is 13.8. The molecule has 1 saturated heterocycles. The molecule has 2 aliphatic rings. The second-order valence-corrected chi connectivity index (χ2v) is 8.74. The molecule has 4 rings (SSSR count). The van der Waals surface area contributed by atoms with E-state index in [0.29, 0.717) is 42.8 Å². The van der Waals surface area contributed by atoms with Gasteiger partial charge in [0.25, 0.3) is 0 Å². The number of hydrogen-bond donors (Lipinski definition) is 2. The van der Waals surface area contributed by atoms with Gasteiger partial charge in [0, 0.05) is 6.07 Å². The van der Waals surface area contributed by atoms with Crippen molar-refractivity contribution in [2.75, 3.05) is 33.0 Å². The first kappa shape index (κ1) is 19.8. The third-order valence-electron chi connectivity index (χ3n) is 5.06.